The van der Waals surface area contributed by atoms with E-state index < -0.39 is 11.2 Å². The fraction of sp³-hybridized carbons (Fsp3) is 0.400. The van der Waals surface area contributed by atoms with E-state index in [0.717, 1.165) is 73.9 Å². The van der Waals surface area contributed by atoms with Crippen LogP contribution in [0, 0.1) is 0 Å². The van der Waals surface area contributed by atoms with Gasteiger partial charge in [-0.15, -0.1) is 0 Å². The SMILES string of the molecule is CCCCN(C)C(=O)C[S+]([O-])CCCCCCOc1ccc(C(=C(CC)c2ccccc2)c2ccc(O)cc2)cc1. The first kappa shape index (κ1) is 32.3. The summed E-state index contributed by atoms with van der Waals surface area (Å²) in [5.41, 5.74) is 5.75. The van der Waals surface area contributed by atoms with Crippen molar-refractivity contribution in [1.29, 1.82) is 0 Å². The molecule has 0 saturated heterocycles. The molecule has 1 N–H and O–H groups in total. The molecule has 0 aliphatic carbocycles. The average molecular weight is 576 g/mol. The van der Waals surface area contributed by atoms with Crippen LogP contribution in [0.15, 0.2) is 78.9 Å². The molecule has 220 valence electrons. The Kier molecular flexibility index (Phi) is 13.8. The highest BCUT2D eigenvalue weighted by atomic mass is 32.2. The first-order valence-corrected chi connectivity index (χ1v) is 16.3. The molecule has 5 nitrogen and oxygen atoms in total. The first-order chi connectivity index (χ1) is 19.9. The third-order valence-electron chi connectivity index (χ3n) is 7.17. The number of hydrogen-bond donors (Lipinski definition) is 1. The van der Waals surface area contributed by atoms with Crippen LogP contribution in [0.1, 0.15) is 75.5 Å². The highest BCUT2D eigenvalue weighted by Gasteiger charge is 2.17. The number of carbonyl (C=O) groups is 1. The molecule has 3 aromatic rings. The van der Waals surface area contributed by atoms with Crippen molar-refractivity contribution in [2.45, 2.75) is 58.8 Å². The molecule has 1 amide bonds. The molecule has 3 rings (SSSR count). The van der Waals surface area contributed by atoms with E-state index in [0.29, 0.717) is 12.4 Å². The number of allylic oxidation sites excluding steroid dienone is 1. The summed E-state index contributed by atoms with van der Waals surface area (Å²) in [4.78, 5) is 13.8. The van der Waals surface area contributed by atoms with Crippen LogP contribution in [0.2, 0.25) is 0 Å². The van der Waals surface area contributed by atoms with Gasteiger partial charge in [-0.2, -0.15) is 0 Å². The minimum absolute atomic E-state index is 0.0205. The lowest BCUT2D eigenvalue weighted by Gasteiger charge is -2.18. The van der Waals surface area contributed by atoms with Crippen LogP contribution >= 0.6 is 0 Å². The molecule has 0 aromatic heterocycles. The predicted molar refractivity (Wildman–Crippen MR) is 172 cm³/mol. The van der Waals surface area contributed by atoms with Crippen molar-refractivity contribution >= 4 is 28.2 Å². The maximum Gasteiger partial charge on any atom is 0.272 e. The predicted octanol–water partition coefficient (Wildman–Crippen LogP) is 7.71. The van der Waals surface area contributed by atoms with E-state index in [2.05, 4.69) is 50.2 Å². The molecule has 1 atom stereocenters. The summed E-state index contributed by atoms with van der Waals surface area (Å²) in [5.74, 6) is 1.78. The summed E-state index contributed by atoms with van der Waals surface area (Å²) in [5, 5.41) is 9.85. The molecule has 0 bridgehead atoms. The smallest absolute Gasteiger partial charge is 0.272 e. The van der Waals surface area contributed by atoms with Crippen molar-refractivity contribution in [3.8, 4) is 11.5 Å². The molecule has 0 saturated carbocycles. The number of carbonyl (C=O) groups excluding carboxylic acids is 1. The number of ether oxygens (including phenoxy) is 1. The van der Waals surface area contributed by atoms with E-state index in [9.17, 15) is 14.5 Å². The van der Waals surface area contributed by atoms with Gasteiger partial charge < -0.3 is 19.3 Å². The third-order valence-corrected chi connectivity index (χ3v) is 8.48. The van der Waals surface area contributed by atoms with Gasteiger partial charge in [0, 0.05) is 13.6 Å². The highest BCUT2D eigenvalue weighted by Crippen LogP contribution is 2.35. The number of rotatable bonds is 17. The van der Waals surface area contributed by atoms with Crippen LogP contribution in [0.3, 0.4) is 0 Å². The van der Waals surface area contributed by atoms with Gasteiger partial charge in [-0.05, 0) is 102 Å². The Bertz CT molecular complexity index is 1210. The van der Waals surface area contributed by atoms with E-state index in [4.69, 9.17) is 4.74 Å². The van der Waals surface area contributed by atoms with E-state index in [1.54, 1.807) is 24.1 Å². The second-order valence-corrected chi connectivity index (χ2v) is 11.9. The van der Waals surface area contributed by atoms with Crippen molar-refractivity contribution in [3.63, 3.8) is 0 Å². The van der Waals surface area contributed by atoms with Crippen molar-refractivity contribution in [3.05, 3.63) is 95.6 Å². The molecule has 6 heteroatoms. The number of phenols is 1. The second kappa shape index (κ2) is 17.6. The average Bonchev–Trinajstić information content (AvgIpc) is 2.99. The minimum Gasteiger partial charge on any atom is -0.616 e. The van der Waals surface area contributed by atoms with Gasteiger partial charge in [0.1, 0.15) is 17.3 Å². The van der Waals surface area contributed by atoms with Crippen LogP contribution in [-0.4, -0.2) is 52.2 Å². The van der Waals surface area contributed by atoms with Gasteiger partial charge in [-0.3, -0.25) is 4.79 Å². The zero-order valence-electron chi connectivity index (χ0n) is 24.8. The zero-order valence-corrected chi connectivity index (χ0v) is 25.6. The number of unbranched alkanes of at least 4 members (excludes halogenated alkanes) is 4. The Balaban J connectivity index is 1.50. The largest absolute Gasteiger partial charge is 0.616 e. The Labute approximate surface area is 249 Å². The van der Waals surface area contributed by atoms with Gasteiger partial charge >= 0.3 is 0 Å². The van der Waals surface area contributed by atoms with Crippen molar-refractivity contribution in [1.82, 2.24) is 4.90 Å². The Morgan fingerprint density at radius 2 is 1.46 bits per heavy atom. The molecule has 0 aliphatic rings. The fourth-order valence-electron chi connectivity index (χ4n) is 4.77. The van der Waals surface area contributed by atoms with E-state index in [-0.39, 0.29) is 17.4 Å². The van der Waals surface area contributed by atoms with Gasteiger partial charge in [0.15, 0.2) is 5.75 Å². The maximum atomic E-state index is 12.3. The summed E-state index contributed by atoms with van der Waals surface area (Å²) in [6.07, 6.45) is 6.67. The summed E-state index contributed by atoms with van der Waals surface area (Å²) in [6.45, 7) is 5.64. The summed E-state index contributed by atoms with van der Waals surface area (Å²) in [7, 11) is 1.79. The molecule has 1 unspecified atom stereocenters. The molecule has 41 heavy (non-hydrogen) atoms. The lowest BCUT2D eigenvalue weighted by atomic mass is 9.88. The number of nitrogens with zero attached hydrogens (tertiary/aromatic N) is 1. The topological polar surface area (TPSA) is 72.8 Å². The van der Waals surface area contributed by atoms with Crippen LogP contribution in [0.25, 0.3) is 11.1 Å². The third kappa shape index (κ3) is 10.6. The summed E-state index contributed by atoms with van der Waals surface area (Å²) >= 11 is -1.09. The summed E-state index contributed by atoms with van der Waals surface area (Å²) in [6, 6.07) is 26.1. The lowest BCUT2D eigenvalue weighted by Crippen LogP contribution is -2.34. The number of hydrogen-bond acceptors (Lipinski definition) is 4. The quantitative estimate of drug-likeness (QED) is 0.102. The molecule has 0 fully saturated rings. The van der Waals surface area contributed by atoms with Crippen molar-refractivity contribution < 1.29 is 19.2 Å². The lowest BCUT2D eigenvalue weighted by molar-refractivity contribution is -0.127. The maximum absolute atomic E-state index is 12.3. The van der Waals surface area contributed by atoms with Gasteiger partial charge in [-0.25, -0.2) is 0 Å². The molecular formula is C35H45NO4S. The van der Waals surface area contributed by atoms with Gasteiger partial charge in [0.05, 0.1) is 6.61 Å². The number of aromatic hydroxyl groups is 1. The Morgan fingerprint density at radius 1 is 0.829 bits per heavy atom. The van der Waals surface area contributed by atoms with Crippen LogP contribution in [-0.2, 0) is 16.0 Å². The highest BCUT2D eigenvalue weighted by molar-refractivity contribution is 7.92. The molecule has 0 radical (unpaired) electrons. The molecule has 0 spiro atoms. The standard InChI is InChI=1S/C35H45NO4S/c1-4-6-24-36(3)34(38)27-41(39)26-13-8-7-12-25-40-32-22-18-30(19-23-32)35(29-16-20-31(37)21-17-29)33(5-2)28-14-10-9-11-15-28/h9-11,14-23,37H,4-8,12-13,24-27H2,1-3H3. The molecular weight excluding hydrogens is 530 g/mol. The first-order valence-electron chi connectivity index (χ1n) is 14.8. The molecule has 0 heterocycles. The zero-order chi connectivity index (χ0) is 29.5. The Hall–Kier alpha value is -3.22. The van der Waals surface area contributed by atoms with Crippen molar-refractivity contribution in [2.24, 2.45) is 0 Å². The van der Waals surface area contributed by atoms with E-state index in [1.807, 2.05) is 30.3 Å². The minimum atomic E-state index is -1.09. The van der Waals surface area contributed by atoms with Crippen LogP contribution < -0.4 is 4.74 Å². The Morgan fingerprint density at radius 3 is 2.10 bits per heavy atom. The van der Waals surface area contributed by atoms with Gasteiger partial charge in [-0.1, -0.05) is 74.9 Å². The van der Waals surface area contributed by atoms with Crippen LogP contribution in [0.4, 0.5) is 0 Å². The number of amides is 1. The van der Waals surface area contributed by atoms with E-state index in [1.165, 1.54) is 11.1 Å². The molecule has 3 aromatic carbocycles. The van der Waals surface area contributed by atoms with E-state index >= 15 is 0 Å². The second-order valence-electron chi connectivity index (χ2n) is 10.4. The van der Waals surface area contributed by atoms with Crippen molar-refractivity contribution in [2.75, 3.05) is 31.7 Å². The number of benzene rings is 3. The molecule has 0 aliphatic heterocycles. The van der Waals surface area contributed by atoms with Crippen LogP contribution in [0.5, 0.6) is 11.5 Å². The fourth-order valence-corrected chi connectivity index (χ4v) is 5.94. The summed E-state index contributed by atoms with van der Waals surface area (Å²) < 4.78 is 18.3. The monoisotopic (exact) mass is 575 g/mol. The van der Waals surface area contributed by atoms with Gasteiger partial charge in [0.25, 0.3) is 5.91 Å². The number of phenolic OH excluding ortho intramolecular Hbond substituents is 1. The normalized spacial score (nSPS) is 12.5. The van der Waals surface area contributed by atoms with Gasteiger partial charge in [0.2, 0.25) is 0 Å².